The molecule has 1 heterocycles. The van der Waals surface area contributed by atoms with Gasteiger partial charge in [-0.1, -0.05) is 25.5 Å². The Kier molecular flexibility index (Phi) is 3.04. The van der Waals surface area contributed by atoms with Crippen LogP contribution in [-0.2, 0) is 9.47 Å². The van der Waals surface area contributed by atoms with Gasteiger partial charge in [0.05, 0.1) is 13.2 Å². The highest BCUT2D eigenvalue weighted by atomic mass is 16.7. The van der Waals surface area contributed by atoms with E-state index in [-0.39, 0.29) is 6.29 Å². The molecule has 0 unspecified atom stereocenters. The molecule has 2 bridgehead atoms. The van der Waals surface area contributed by atoms with Gasteiger partial charge < -0.3 is 9.47 Å². The summed E-state index contributed by atoms with van der Waals surface area (Å²) in [4.78, 5) is 0. The molecule has 0 N–H and O–H groups in total. The first-order chi connectivity index (χ1) is 8.16. The van der Waals surface area contributed by atoms with E-state index in [1.807, 2.05) is 0 Å². The van der Waals surface area contributed by atoms with E-state index in [0.29, 0.717) is 11.8 Å². The first kappa shape index (κ1) is 11.7. The lowest BCUT2D eigenvalue weighted by Crippen LogP contribution is -2.44. The second-order valence-electron chi connectivity index (χ2n) is 6.34. The molecule has 0 amide bonds. The summed E-state index contributed by atoms with van der Waals surface area (Å²) in [5.41, 5.74) is 1.61. The molecule has 2 heteroatoms. The van der Waals surface area contributed by atoms with Crippen molar-refractivity contribution in [3.63, 3.8) is 0 Å². The molecule has 1 aliphatic heterocycles. The summed E-state index contributed by atoms with van der Waals surface area (Å²) in [6.45, 7) is 8.60. The Bertz CT molecular complexity index is 315. The first-order valence-corrected chi connectivity index (χ1v) is 7.08. The quantitative estimate of drug-likeness (QED) is 0.685. The number of hydrogen-bond acceptors (Lipinski definition) is 2. The summed E-state index contributed by atoms with van der Waals surface area (Å²) in [5.74, 6) is 3.67. The molecular formula is C15H24O2. The van der Waals surface area contributed by atoms with Crippen LogP contribution in [0.4, 0.5) is 0 Å². The van der Waals surface area contributed by atoms with Crippen molar-refractivity contribution in [2.75, 3.05) is 13.2 Å². The molecule has 0 spiro atoms. The molecule has 4 aliphatic rings. The van der Waals surface area contributed by atoms with E-state index >= 15 is 0 Å². The highest BCUT2D eigenvalue weighted by molar-refractivity contribution is 5.18. The van der Waals surface area contributed by atoms with Crippen LogP contribution in [-0.4, -0.2) is 19.5 Å². The van der Waals surface area contributed by atoms with Crippen molar-refractivity contribution in [3.8, 4) is 0 Å². The van der Waals surface area contributed by atoms with Crippen molar-refractivity contribution < 1.29 is 9.47 Å². The minimum atomic E-state index is 0.0772. The molecule has 0 aromatic heterocycles. The van der Waals surface area contributed by atoms with Crippen LogP contribution in [0.25, 0.3) is 0 Å². The maximum Gasteiger partial charge on any atom is 0.161 e. The van der Waals surface area contributed by atoms with Gasteiger partial charge in [-0.15, -0.1) is 0 Å². The van der Waals surface area contributed by atoms with Crippen LogP contribution in [0.15, 0.2) is 11.6 Å². The average Bonchev–Trinajstić information content (AvgIpc) is 2.82. The number of rotatable bonds is 2. The van der Waals surface area contributed by atoms with Crippen molar-refractivity contribution >= 4 is 0 Å². The number of fused-ring (bicyclic) bond motifs is 2. The molecule has 0 radical (unpaired) electrons. The van der Waals surface area contributed by atoms with Gasteiger partial charge in [-0.25, -0.2) is 0 Å². The maximum atomic E-state index is 5.76. The zero-order valence-corrected chi connectivity index (χ0v) is 11.2. The number of ether oxygens (including phenoxy) is 2. The molecule has 1 saturated heterocycles. The third-order valence-corrected chi connectivity index (χ3v) is 5.05. The fraction of sp³-hybridized carbons (Fsp3) is 0.867. The normalized spacial score (nSPS) is 42.2. The summed E-state index contributed by atoms with van der Waals surface area (Å²) in [6, 6.07) is 0. The summed E-state index contributed by atoms with van der Waals surface area (Å²) in [7, 11) is 0. The molecular weight excluding hydrogens is 212 g/mol. The smallest absolute Gasteiger partial charge is 0.161 e. The van der Waals surface area contributed by atoms with Crippen molar-refractivity contribution in [2.45, 2.75) is 39.9 Å². The van der Waals surface area contributed by atoms with E-state index in [2.05, 4.69) is 26.8 Å². The monoisotopic (exact) mass is 236 g/mol. The fourth-order valence-electron chi connectivity index (χ4n) is 4.08. The van der Waals surface area contributed by atoms with Crippen molar-refractivity contribution in [1.82, 2.24) is 0 Å². The van der Waals surface area contributed by atoms with Crippen LogP contribution in [0, 0.1) is 29.6 Å². The number of allylic oxidation sites excluding steroid dienone is 2. The van der Waals surface area contributed by atoms with E-state index in [1.165, 1.54) is 12.8 Å². The Morgan fingerprint density at radius 3 is 2.47 bits per heavy atom. The van der Waals surface area contributed by atoms with Crippen LogP contribution in [0.1, 0.15) is 33.6 Å². The standard InChI is InChI=1S/C15H24O2/c1-9(2)12-7-11-8-14(13(12)6-10(11)3)15-16-4-5-17-15/h6,9,11-15H,4-5,7-8H2,1-3H3/t11-,12-,13-,14+/m0/s1. The molecule has 2 fully saturated rings. The first-order valence-electron chi connectivity index (χ1n) is 7.08. The molecule has 3 aliphatic carbocycles. The van der Waals surface area contributed by atoms with Crippen molar-refractivity contribution in [1.29, 1.82) is 0 Å². The van der Waals surface area contributed by atoms with E-state index < -0.39 is 0 Å². The molecule has 4 atom stereocenters. The summed E-state index contributed by atoms with van der Waals surface area (Å²) in [6.07, 6.45) is 5.26. The van der Waals surface area contributed by atoms with Gasteiger partial charge >= 0.3 is 0 Å². The molecule has 0 aromatic rings. The van der Waals surface area contributed by atoms with Gasteiger partial charge in [0.1, 0.15) is 0 Å². The third-order valence-electron chi connectivity index (χ3n) is 5.05. The van der Waals surface area contributed by atoms with Gasteiger partial charge in [0.15, 0.2) is 6.29 Å². The van der Waals surface area contributed by atoms with Crippen LogP contribution < -0.4 is 0 Å². The Morgan fingerprint density at radius 2 is 1.88 bits per heavy atom. The highest BCUT2D eigenvalue weighted by Gasteiger charge is 2.46. The minimum absolute atomic E-state index is 0.0772. The van der Waals surface area contributed by atoms with Gasteiger partial charge in [-0.3, -0.25) is 0 Å². The predicted molar refractivity (Wildman–Crippen MR) is 67.5 cm³/mol. The lowest BCUT2D eigenvalue weighted by atomic mass is 9.58. The molecule has 17 heavy (non-hydrogen) atoms. The van der Waals surface area contributed by atoms with E-state index in [9.17, 15) is 0 Å². The van der Waals surface area contributed by atoms with Gasteiger partial charge in [0.25, 0.3) is 0 Å². The van der Waals surface area contributed by atoms with Gasteiger partial charge in [-0.05, 0) is 43.4 Å². The predicted octanol–water partition coefficient (Wildman–Crippen LogP) is 3.23. The van der Waals surface area contributed by atoms with Crippen LogP contribution in [0.3, 0.4) is 0 Å². The van der Waals surface area contributed by atoms with Crippen LogP contribution >= 0.6 is 0 Å². The maximum absolute atomic E-state index is 5.76. The van der Waals surface area contributed by atoms with Gasteiger partial charge in [0, 0.05) is 5.92 Å². The highest BCUT2D eigenvalue weighted by Crippen LogP contribution is 2.51. The molecule has 4 rings (SSSR count). The van der Waals surface area contributed by atoms with Crippen molar-refractivity contribution in [3.05, 3.63) is 11.6 Å². The molecule has 0 aromatic carbocycles. The summed E-state index contributed by atoms with van der Waals surface area (Å²) < 4.78 is 11.5. The topological polar surface area (TPSA) is 18.5 Å². The van der Waals surface area contributed by atoms with E-state index in [4.69, 9.17) is 9.47 Å². The Labute approximate surface area is 104 Å². The van der Waals surface area contributed by atoms with E-state index in [0.717, 1.165) is 31.0 Å². The molecule has 2 nitrogen and oxygen atoms in total. The lowest BCUT2D eigenvalue weighted by Gasteiger charge is -2.48. The Hall–Kier alpha value is -0.340. The van der Waals surface area contributed by atoms with Crippen molar-refractivity contribution in [2.24, 2.45) is 29.6 Å². The van der Waals surface area contributed by atoms with E-state index in [1.54, 1.807) is 5.57 Å². The second-order valence-corrected chi connectivity index (χ2v) is 6.34. The van der Waals surface area contributed by atoms with Crippen LogP contribution in [0.2, 0.25) is 0 Å². The largest absolute Gasteiger partial charge is 0.350 e. The molecule has 96 valence electrons. The SMILES string of the molecule is CC1=C[C@H]2[C@H](C(C)C)C[C@H]1C[C@H]2C1OCCO1. The third kappa shape index (κ3) is 1.96. The summed E-state index contributed by atoms with van der Waals surface area (Å²) in [5, 5.41) is 0. The van der Waals surface area contributed by atoms with Crippen LogP contribution in [0.5, 0.6) is 0 Å². The minimum Gasteiger partial charge on any atom is -0.350 e. The zero-order chi connectivity index (χ0) is 12.0. The Morgan fingerprint density at radius 1 is 1.18 bits per heavy atom. The summed E-state index contributed by atoms with van der Waals surface area (Å²) >= 11 is 0. The number of hydrogen-bond donors (Lipinski definition) is 0. The average molecular weight is 236 g/mol. The fourth-order valence-corrected chi connectivity index (χ4v) is 4.08. The van der Waals surface area contributed by atoms with Gasteiger partial charge in [0.2, 0.25) is 0 Å². The Balaban J connectivity index is 1.83. The second kappa shape index (κ2) is 4.40. The van der Waals surface area contributed by atoms with Gasteiger partial charge in [-0.2, -0.15) is 0 Å². The lowest BCUT2D eigenvalue weighted by molar-refractivity contribution is -0.122. The zero-order valence-electron chi connectivity index (χ0n) is 11.2. The molecule has 1 saturated carbocycles.